The van der Waals surface area contributed by atoms with Gasteiger partial charge in [0.1, 0.15) is 40.2 Å². The van der Waals surface area contributed by atoms with E-state index in [0.29, 0.717) is 19.6 Å². The maximum Gasteiger partial charge on any atom is 0.224 e. The normalized spacial score (nSPS) is 10.1. The van der Waals surface area contributed by atoms with E-state index in [9.17, 15) is 4.79 Å². The number of anilines is 1. The molecule has 0 aliphatic rings. The fourth-order valence-electron chi connectivity index (χ4n) is 14.2. The van der Waals surface area contributed by atoms with Crippen LogP contribution in [0.15, 0.2) is 314 Å². The van der Waals surface area contributed by atoms with E-state index in [0.717, 1.165) is 143 Å². The summed E-state index contributed by atoms with van der Waals surface area (Å²) in [4.78, 5) is 11.4. The summed E-state index contributed by atoms with van der Waals surface area (Å²) in [5, 5.41) is 2.85. The Kier molecular flexibility index (Phi) is 63.2. The molecule has 1 amide bonds. The minimum absolute atomic E-state index is 0.0750. The Morgan fingerprint density at radius 2 is 0.713 bits per heavy atom. The number of amides is 1. The standard InChI is InChI=1S/C18H22.2C15H16.C13H19NO2.C12H18O.C12H16O.C12H18O.C11H16O2.C11H16O.C7H10O/c1-3-8-15-10-7-12-17(14-15)18-13-6-5-11-16(18)9-4-2;1-3-13-7-5-9-15(11-13)14-8-4-6-12(2)10-14;1-3-13-8-6-9-14(11-13)15-10-5-4-7-12(15)2;1-3-5-6-13(15)14-11-7-9-12(10-8-11)16-4-2;2*1-3-5-7-11-8-6-9-12(10-11)13-4-2;1-3-5-6-11-7-9-12(10-8-11)13-4-2;1-3-8-13-11-7-5-6-10(9-11)12-4-2;1-3-5-10-6-8-11(9-7-10)12-4-2;1-3-7-5-8-4-6(7)2/h5-7,10-14H,3-4,8-9H2,1-2H3;2*4-11H,3H2,1-2H3;7-10H,3-6H2,1-2H3,(H,14,15);6,8-10H,3-5,7H2,1-2H3;5-10H,3-4H2,1-2H3;7-10H,3-6H2,1-2H3;5-7,9H,3-4,8H2,1-2H3;6-9H,3-5H2,1-2H3;4-5H,3H2,1-2H3/b;;;;;7-5+;;;;. The van der Waals surface area contributed by atoms with Crippen molar-refractivity contribution in [3.8, 4) is 73.6 Å². The van der Waals surface area contributed by atoms with Crippen LogP contribution in [0, 0.1) is 20.8 Å². The molecule has 0 aliphatic heterocycles. The molecule has 136 heavy (non-hydrogen) atoms. The van der Waals surface area contributed by atoms with E-state index in [-0.39, 0.29) is 5.91 Å². The van der Waals surface area contributed by atoms with Gasteiger partial charge in [0.05, 0.1) is 58.8 Å². The highest BCUT2D eigenvalue weighted by atomic mass is 16.5. The molecule has 13 rings (SSSR count). The zero-order valence-electron chi connectivity index (χ0n) is 86.8. The number of nitrogens with one attached hydrogen (secondary N) is 1. The van der Waals surface area contributed by atoms with Gasteiger partial charge in [-0.25, -0.2) is 0 Å². The lowest BCUT2D eigenvalue weighted by molar-refractivity contribution is -0.116. The van der Waals surface area contributed by atoms with E-state index < -0.39 is 0 Å². The largest absolute Gasteiger partial charge is 0.494 e. The third-order valence-electron chi connectivity index (χ3n) is 21.5. The van der Waals surface area contributed by atoms with Gasteiger partial charge >= 0.3 is 0 Å². The molecule has 10 heteroatoms. The zero-order chi connectivity index (χ0) is 98.8. The summed E-state index contributed by atoms with van der Waals surface area (Å²) in [6.45, 7) is 47.2. The molecule has 0 spiro atoms. The molecule has 0 radical (unpaired) electrons. The number of hydrogen-bond donors (Lipinski definition) is 1. The van der Waals surface area contributed by atoms with E-state index in [4.69, 9.17) is 37.6 Å². The van der Waals surface area contributed by atoms with Crippen LogP contribution >= 0.6 is 0 Å². The number of aryl methyl sites for hydroxylation is 11. The second kappa shape index (κ2) is 74.0. The average molecular weight is 1840 g/mol. The predicted octanol–water partition coefficient (Wildman–Crippen LogP) is 35.3. The van der Waals surface area contributed by atoms with Crippen molar-refractivity contribution in [1.82, 2.24) is 0 Å². The highest BCUT2D eigenvalue weighted by Gasteiger charge is 2.09. The quantitative estimate of drug-likeness (QED) is 0.0403. The lowest BCUT2D eigenvalue weighted by Gasteiger charge is -2.10. The fourth-order valence-corrected chi connectivity index (χ4v) is 14.2. The lowest BCUT2D eigenvalue weighted by Crippen LogP contribution is -2.10. The molecular formula is C126H167NO9. The van der Waals surface area contributed by atoms with Gasteiger partial charge in [-0.2, -0.15) is 0 Å². The Labute approximate surface area is 823 Å². The summed E-state index contributed by atoms with van der Waals surface area (Å²) in [5.74, 6) is 6.54. The summed E-state index contributed by atoms with van der Waals surface area (Å²) in [6, 6.07) is 101. The molecule has 0 atom stereocenters. The first kappa shape index (κ1) is 116. The van der Waals surface area contributed by atoms with Crippen molar-refractivity contribution >= 4 is 17.7 Å². The minimum atomic E-state index is 0.0750. The lowest BCUT2D eigenvalue weighted by atomic mass is 9.95. The van der Waals surface area contributed by atoms with Crippen LogP contribution in [0.3, 0.4) is 0 Å². The number of carbonyl (C=O) groups is 1. The molecule has 12 aromatic carbocycles. The van der Waals surface area contributed by atoms with E-state index >= 15 is 0 Å². The van der Waals surface area contributed by atoms with E-state index in [1.54, 1.807) is 12.5 Å². The number of unbranched alkanes of at least 4 members (excludes halogenated alkanes) is 3. The van der Waals surface area contributed by atoms with Crippen molar-refractivity contribution in [1.29, 1.82) is 0 Å². The zero-order valence-corrected chi connectivity index (χ0v) is 86.8. The van der Waals surface area contributed by atoms with Crippen molar-refractivity contribution in [3.05, 3.63) is 377 Å². The molecular weight excluding hydrogens is 1670 g/mol. The Morgan fingerprint density at radius 3 is 1.21 bits per heavy atom. The first-order chi connectivity index (χ1) is 66.4. The van der Waals surface area contributed by atoms with Crippen LogP contribution in [-0.4, -0.2) is 52.2 Å². The van der Waals surface area contributed by atoms with E-state index in [2.05, 4.69) is 327 Å². The van der Waals surface area contributed by atoms with Crippen LogP contribution in [0.2, 0.25) is 0 Å². The molecule has 0 saturated heterocycles. The van der Waals surface area contributed by atoms with Crippen LogP contribution in [0.1, 0.15) is 262 Å². The van der Waals surface area contributed by atoms with Crippen molar-refractivity contribution in [2.45, 2.75) is 267 Å². The number of allylic oxidation sites excluding steroid dienone is 1. The Balaban J connectivity index is 0.000000317. The van der Waals surface area contributed by atoms with Gasteiger partial charge < -0.3 is 42.9 Å². The maximum atomic E-state index is 11.4. The first-order valence-electron chi connectivity index (χ1n) is 50.8. The van der Waals surface area contributed by atoms with Crippen LogP contribution < -0.4 is 38.5 Å². The van der Waals surface area contributed by atoms with Crippen LogP contribution in [-0.2, 0) is 56.2 Å². The number of benzene rings is 12. The van der Waals surface area contributed by atoms with Crippen molar-refractivity contribution in [2.75, 3.05) is 51.6 Å². The topological polar surface area (TPSA) is 107 Å². The number of ether oxygens (including phenoxy) is 7. The van der Waals surface area contributed by atoms with Crippen molar-refractivity contribution in [3.63, 3.8) is 0 Å². The molecule has 0 fully saturated rings. The van der Waals surface area contributed by atoms with Gasteiger partial charge in [0, 0.05) is 18.2 Å². The first-order valence-corrected chi connectivity index (χ1v) is 50.8. The SMILES string of the molecule is CC/C=C/c1cccc(OCC)c1.CCCCC(=O)Nc1ccc(OCC)cc1.CCCCc1ccc(OCC)cc1.CCCCc1cccc(OCC)c1.CCCOc1cccc(OCC)c1.CCCc1ccc(OCC)cc1.CCCc1cccc(-c2ccccc2CCC)c1.CCc1cccc(-c2cccc(C)c2)c1.CCc1cccc(-c2ccccc2C)c1.CCc1cocc1C. The Hall–Kier alpha value is -12.3. The highest BCUT2D eigenvalue weighted by molar-refractivity contribution is 5.90. The van der Waals surface area contributed by atoms with Gasteiger partial charge in [0.15, 0.2) is 0 Å². The number of hydrogen-bond acceptors (Lipinski definition) is 9. The fraction of sp³-hybridized carbons (Fsp3) is 0.373. The summed E-state index contributed by atoms with van der Waals surface area (Å²) in [6.07, 6.45) is 30.2. The number of furan rings is 1. The average Bonchev–Trinajstić information content (AvgIpc) is 0.920. The van der Waals surface area contributed by atoms with E-state index in [1.165, 1.54) is 158 Å². The second-order valence-corrected chi connectivity index (χ2v) is 33.0. The van der Waals surface area contributed by atoms with Crippen LogP contribution in [0.5, 0.6) is 40.2 Å². The van der Waals surface area contributed by atoms with Crippen molar-refractivity contribution < 1.29 is 42.4 Å². The summed E-state index contributed by atoms with van der Waals surface area (Å²) in [5.41, 5.74) is 25.2. The van der Waals surface area contributed by atoms with Crippen molar-refractivity contribution in [2.24, 2.45) is 0 Å². The minimum Gasteiger partial charge on any atom is -0.494 e. The highest BCUT2D eigenvalue weighted by Crippen LogP contribution is 2.29. The predicted molar refractivity (Wildman–Crippen MR) is 585 cm³/mol. The number of rotatable bonds is 39. The van der Waals surface area contributed by atoms with Gasteiger partial charge in [0.25, 0.3) is 0 Å². The van der Waals surface area contributed by atoms with Gasteiger partial charge in [-0.1, -0.05) is 333 Å². The third kappa shape index (κ3) is 49.8. The number of carbonyl (C=O) groups excluding carboxylic acids is 1. The van der Waals surface area contributed by atoms with Gasteiger partial charge in [0.2, 0.25) is 5.91 Å². The van der Waals surface area contributed by atoms with Crippen LogP contribution in [0.4, 0.5) is 5.69 Å². The molecule has 0 aliphatic carbocycles. The summed E-state index contributed by atoms with van der Waals surface area (Å²) < 4.78 is 42.6. The third-order valence-corrected chi connectivity index (χ3v) is 21.5. The molecule has 13 aromatic rings. The maximum absolute atomic E-state index is 11.4. The molecule has 0 unspecified atom stereocenters. The van der Waals surface area contributed by atoms with Crippen LogP contribution in [0.25, 0.3) is 39.5 Å². The molecule has 730 valence electrons. The molecule has 1 heterocycles. The smallest absolute Gasteiger partial charge is 0.224 e. The Bertz CT molecular complexity index is 5160. The van der Waals surface area contributed by atoms with Gasteiger partial charge in [-0.05, 0) is 325 Å². The molecule has 1 N–H and O–H groups in total. The Morgan fingerprint density at radius 1 is 0.294 bits per heavy atom. The van der Waals surface area contributed by atoms with E-state index in [1.807, 2.05) is 120 Å². The summed E-state index contributed by atoms with van der Waals surface area (Å²) in [7, 11) is 0. The summed E-state index contributed by atoms with van der Waals surface area (Å²) >= 11 is 0. The second-order valence-electron chi connectivity index (χ2n) is 33.0. The molecule has 10 nitrogen and oxygen atoms in total. The molecule has 0 bridgehead atoms. The molecule has 0 saturated carbocycles. The monoisotopic (exact) mass is 1840 g/mol. The van der Waals surface area contributed by atoms with Gasteiger partial charge in [-0.15, -0.1) is 0 Å². The van der Waals surface area contributed by atoms with Gasteiger partial charge in [-0.3, -0.25) is 4.79 Å². The molecule has 1 aromatic heterocycles.